The lowest BCUT2D eigenvalue weighted by Gasteiger charge is -2.20. The third-order valence-corrected chi connectivity index (χ3v) is 4.21. The van der Waals surface area contributed by atoms with Crippen molar-refractivity contribution in [2.75, 3.05) is 7.11 Å². The van der Waals surface area contributed by atoms with Gasteiger partial charge in [0.25, 0.3) is 11.8 Å². The molecule has 0 aliphatic rings. The zero-order chi connectivity index (χ0) is 22.1. The maximum absolute atomic E-state index is 12.6. The number of amides is 2. The fraction of sp³-hybridized carbons (Fsp3) is 0.348. The third-order valence-electron chi connectivity index (χ3n) is 4.21. The lowest BCUT2D eigenvalue weighted by Crippen LogP contribution is -2.48. The second-order valence-corrected chi connectivity index (χ2v) is 7.37. The monoisotopic (exact) mass is 411 g/mol. The van der Waals surface area contributed by atoms with Gasteiger partial charge in [0.15, 0.2) is 11.5 Å². The molecule has 0 aliphatic carbocycles. The van der Waals surface area contributed by atoms with Gasteiger partial charge in [-0.3, -0.25) is 9.59 Å². The highest BCUT2D eigenvalue weighted by Gasteiger charge is 2.24. The molecule has 0 aliphatic heterocycles. The van der Waals surface area contributed by atoms with Crippen LogP contribution in [-0.2, 0) is 4.79 Å². The van der Waals surface area contributed by atoms with E-state index in [1.165, 1.54) is 6.21 Å². The molecule has 0 radical (unpaired) electrons. The van der Waals surface area contributed by atoms with E-state index in [2.05, 4.69) is 15.8 Å². The molecule has 2 aromatic rings. The van der Waals surface area contributed by atoms with Crippen LogP contribution < -0.4 is 20.2 Å². The highest BCUT2D eigenvalue weighted by molar-refractivity contribution is 5.97. The van der Waals surface area contributed by atoms with Crippen LogP contribution in [0, 0.1) is 5.92 Å². The van der Waals surface area contributed by atoms with E-state index < -0.39 is 11.9 Å². The Labute approximate surface area is 177 Å². The Morgan fingerprint density at radius 3 is 2.30 bits per heavy atom. The minimum atomic E-state index is -0.716. The molecule has 160 valence electrons. The Bertz CT molecular complexity index is 879. The molecule has 0 saturated carbocycles. The van der Waals surface area contributed by atoms with Gasteiger partial charge in [-0.1, -0.05) is 32.0 Å². The van der Waals surface area contributed by atoms with Gasteiger partial charge in [-0.25, -0.2) is 5.43 Å². The summed E-state index contributed by atoms with van der Waals surface area (Å²) >= 11 is 0. The van der Waals surface area contributed by atoms with Gasteiger partial charge in [0.1, 0.15) is 6.04 Å². The summed E-state index contributed by atoms with van der Waals surface area (Å²) in [5.74, 6) is 0.405. The molecule has 2 N–H and O–H groups in total. The summed E-state index contributed by atoms with van der Waals surface area (Å²) in [5, 5.41) is 6.78. The minimum absolute atomic E-state index is 0.0248. The molecule has 7 heteroatoms. The maximum Gasteiger partial charge on any atom is 0.262 e. The number of ether oxygens (including phenoxy) is 2. The van der Waals surface area contributed by atoms with Crippen molar-refractivity contribution in [1.82, 2.24) is 10.7 Å². The van der Waals surface area contributed by atoms with E-state index in [1.54, 1.807) is 43.5 Å². The average Bonchev–Trinajstić information content (AvgIpc) is 2.72. The van der Waals surface area contributed by atoms with Crippen molar-refractivity contribution in [2.24, 2.45) is 11.0 Å². The number of carbonyl (C=O) groups excluding carboxylic acids is 2. The summed E-state index contributed by atoms with van der Waals surface area (Å²) < 4.78 is 11.0. The number of rotatable bonds is 9. The van der Waals surface area contributed by atoms with E-state index in [9.17, 15) is 9.59 Å². The topological polar surface area (TPSA) is 89.0 Å². The molecule has 2 amide bonds. The van der Waals surface area contributed by atoms with Crippen LogP contribution in [-0.4, -0.2) is 37.3 Å². The zero-order valence-electron chi connectivity index (χ0n) is 18.0. The van der Waals surface area contributed by atoms with Gasteiger partial charge < -0.3 is 14.8 Å². The highest BCUT2D eigenvalue weighted by atomic mass is 16.5. The number of nitrogens with zero attached hydrogens (tertiary/aromatic N) is 1. The SMILES string of the molecule is COc1cc(C=NNC(=O)C(NC(=O)c2ccccc2)C(C)C)ccc1OC(C)C. The normalized spacial score (nSPS) is 12.1. The molecule has 0 aromatic heterocycles. The molecule has 0 fully saturated rings. The summed E-state index contributed by atoms with van der Waals surface area (Å²) in [6.45, 7) is 7.59. The van der Waals surface area contributed by atoms with Crippen molar-refractivity contribution < 1.29 is 19.1 Å². The first-order chi connectivity index (χ1) is 14.3. The molecule has 2 aromatic carbocycles. The van der Waals surface area contributed by atoms with E-state index >= 15 is 0 Å². The molecule has 1 atom stereocenters. The van der Waals surface area contributed by atoms with E-state index in [0.29, 0.717) is 17.1 Å². The first-order valence-corrected chi connectivity index (χ1v) is 9.85. The molecule has 0 saturated heterocycles. The van der Waals surface area contributed by atoms with E-state index in [-0.39, 0.29) is 17.9 Å². The van der Waals surface area contributed by atoms with Gasteiger partial charge in [0, 0.05) is 5.56 Å². The summed E-state index contributed by atoms with van der Waals surface area (Å²) in [6.07, 6.45) is 1.53. The standard InChI is InChI=1S/C23H29N3O4/c1-15(2)21(25-22(27)18-9-7-6-8-10-18)23(28)26-24-14-17-11-12-19(30-16(3)4)20(13-17)29-5/h6-16,21H,1-5H3,(H,25,27)(H,26,28). The van der Waals surface area contributed by atoms with Crippen LogP contribution in [0.5, 0.6) is 11.5 Å². The lowest BCUT2D eigenvalue weighted by atomic mass is 10.0. The van der Waals surface area contributed by atoms with Gasteiger partial charge in [0.2, 0.25) is 0 Å². The van der Waals surface area contributed by atoms with Crippen LogP contribution in [0.15, 0.2) is 53.6 Å². The Balaban J connectivity index is 2.02. The third kappa shape index (κ3) is 6.62. The number of hydrazone groups is 1. The van der Waals surface area contributed by atoms with Gasteiger partial charge in [0.05, 0.1) is 19.4 Å². The number of benzene rings is 2. The first-order valence-electron chi connectivity index (χ1n) is 9.85. The van der Waals surface area contributed by atoms with Crippen LogP contribution in [0.2, 0.25) is 0 Å². The lowest BCUT2D eigenvalue weighted by molar-refractivity contribution is -0.123. The predicted octanol–water partition coefficient (Wildman–Crippen LogP) is 3.39. The minimum Gasteiger partial charge on any atom is -0.493 e. The Kier molecular flexibility index (Phi) is 8.41. The highest BCUT2D eigenvalue weighted by Crippen LogP contribution is 2.28. The fourth-order valence-corrected chi connectivity index (χ4v) is 2.70. The number of methoxy groups -OCH3 is 1. The van der Waals surface area contributed by atoms with Crippen molar-refractivity contribution in [3.63, 3.8) is 0 Å². The average molecular weight is 412 g/mol. The van der Waals surface area contributed by atoms with Crippen LogP contribution in [0.1, 0.15) is 43.6 Å². The predicted molar refractivity (Wildman–Crippen MR) is 117 cm³/mol. The summed E-state index contributed by atoms with van der Waals surface area (Å²) in [6, 6.07) is 13.4. The summed E-state index contributed by atoms with van der Waals surface area (Å²) in [4.78, 5) is 24.9. The molecule has 2 rings (SSSR count). The number of hydrogen-bond acceptors (Lipinski definition) is 5. The summed E-state index contributed by atoms with van der Waals surface area (Å²) in [5.41, 5.74) is 3.73. The Morgan fingerprint density at radius 2 is 1.70 bits per heavy atom. The largest absolute Gasteiger partial charge is 0.493 e. The molecular weight excluding hydrogens is 382 g/mol. The van der Waals surface area contributed by atoms with Crippen molar-refractivity contribution >= 4 is 18.0 Å². The zero-order valence-corrected chi connectivity index (χ0v) is 18.0. The molecular formula is C23H29N3O4. The van der Waals surface area contributed by atoms with Gasteiger partial charge >= 0.3 is 0 Å². The quantitative estimate of drug-likeness (QED) is 0.489. The van der Waals surface area contributed by atoms with Crippen LogP contribution in [0.4, 0.5) is 0 Å². The van der Waals surface area contributed by atoms with E-state index in [0.717, 1.165) is 5.56 Å². The molecule has 0 spiro atoms. The number of hydrogen-bond donors (Lipinski definition) is 2. The van der Waals surface area contributed by atoms with Gasteiger partial charge in [-0.2, -0.15) is 5.10 Å². The smallest absolute Gasteiger partial charge is 0.262 e. The van der Waals surface area contributed by atoms with E-state index in [4.69, 9.17) is 9.47 Å². The molecule has 1 unspecified atom stereocenters. The van der Waals surface area contributed by atoms with E-state index in [1.807, 2.05) is 39.8 Å². The second kappa shape index (κ2) is 11.0. The Morgan fingerprint density at radius 1 is 1.00 bits per heavy atom. The molecule has 30 heavy (non-hydrogen) atoms. The second-order valence-electron chi connectivity index (χ2n) is 7.37. The molecule has 0 heterocycles. The van der Waals surface area contributed by atoms with Crippen molar-refractivity contribution in [3.05, 3.63) is 59.7 Å². The molecule has 0 bridgehead atoms. The van der Waals surface area contributed by atoms with Crippen LogP contribution in [0.25, 0.3) is 0 Å². The van der Waals surface area contributed by atoms with Crippen molar-refractivity contribution in [2.45, 2.75) is 39.8 Å². The summed E-state index contributed by atoms with van der Waals surface area (Å²) in [7, 11) is 1.56. The number of nitrogens with one attached hydrogen (secondary N) is 2. The first kappa shape index (κ1) is 22.9. The van der Waals surface area contributed by atoms with Crippen molar-refractivity contribution in [3.8, 4) is 11.5 Å². The Hall–Kier alpha value is -3.35. The van der Waals surface area contributed by atoms with Gasteiger partial charge in [-0.05, 0) is 55.7 Å². The van der Waals surface area contributed by atoms with Crippen LogP contribution >= 0.6 is 0 Å². The fourth-order valence-electron chi connectivity index (χ4n) is 2.70. The van der Waals surface area contributed by atoms with Crippen LogP contribution in [0.3, 0.4) is 0 Å². The maximum atomic E-state index is 12.6. The number of carbonyl (C=O) groups is 2. The van der Waals surface area contributed by atoms with Gasteiger partial charge in [-0.15, -0.1) is 0 Å². The molecule has 7 nitrogen and oxygen atoms in total. The van der Waals surface area contributed by atoms with Crippen molar-refractivity contribution in [1.29, 1.82) is 0 Å².